The second-order valence-corrected chi connectivity index (χ2v) is 2.71. The summed E-state index contributed by atoms with van der Waals surface area (Å²) in [5.74, 6) is 0.0453. The lowest BCUT2D eigenvalue weighted by atomic mass is 10.3. The number of nitrogens with one attached hydrogen (secondary N) is 3. The fraction of sp³-hybridized carbons (Fsp3) is 0.500. The lowest BCUT2D eigenvalue weighted by molar-refractivity contribution is -0.121. The topological polar surface area (TPSA) is 69.8 Å². The van der Waals surface area contributed by atoms with Gasteiger partial charge in [0.2, 0.25) is 5.91 Å². The van der Waals surface area contributed by atoms with Crippen LogP contribution in [0.5, 0.6) is 0 Å². The van der Waals surface area contributed by atoms with Crippen LogP contribution in [0.1, 0.15) is 12.1 Å². The summed E-state index contributed by atoms with van der Waals surface area (Å²) in [6.45, 7) is 1.22. The summed E-state index contributed by atoms with van der Waals surface area (Å²) in [5.41, 5.74) is 0.915. The van der Waals surface area contributed by atoms with Crippen molar-refractivity contribution in [2.24, 2.45) is 0 Å². The number of aromatic amines is 1. The van der Waals surface area contributed by atoms with E-state index in [1.54, 1.807) is 6.20 Å². The van der Waals surface area contributed by atoms with E-state index in [1.165, 1.54) is 0 Å². The average molecular weight is 182 g/mol. The molecular weight excluding hydrogens is 168 g/mol. The predicted octanol–water partition coefficient (Wildman–Crippen LogP) is -0.365. The molecule has 1 amide bonds. The molecule has 5 heteroatoms. The molecule has 1 aromatic rings. The van der Waals surface area contributed by atoms with Gasteiger partial charge in [0.15, 0.2) is 0 Å². The molecule has 0 aliphatic carbocycles. The minimum atomic E-state index is 0.0453. The Morgan fingerprint density at radius 3 is 3.15 bits per heavy atom. The molecule has 0 spiro atoms. The van der Waals surface area contributed by atoms with Crippen molar-refractivity contribution in [1.29, 1.82) is 0 Å². The van der Waals surface area contributed by atoms with Crippen molar-refractivity contribution in [1.82, 2.24) is 20.8 Å². The number of rotatable bonds is 5. The quantitative estimate of drug-likeness (QED) is 0.582. The molecule has 72 valence electrons. The first-order valence-corrected chi connectivity index (χ1v) is 4.22. The van der Waals surface area contributed by atoms with Crippen LogP contribution in [0.3, 0.4) is 0 Å². The molecule has 13 heavy (non-hydrogen) atoms. The molecule has 3 N–H and O–H groups in total. The van der Waals surface area contributed by atoms with Gasteiger partial charge in [0, 0.05) is 19.2 Å². The van der Waals surface area contributed by atoms with E-state index in [-0.39, 0.29) is 5.91 Å². The Labute approximate surface area is 76.9 Å². The van der Waals surface area contributed by atoms with Crippen LogP contribution in [0.15, 0.2) is 12.3 Å². The molecule has 0 aliphatic heterocycles. The normalized spacial score (nSPS) is 9.92. The van der Waals surface area contributed by atoms with Crippen molar-refractivity contribution < 1.29 is 4.79 Å². The Balaban J connectivity index is 2.15. The van der Waals surface area contributed by atoms with Crippen molar-refractivity contribution in [2.75, 3.05) is 13.6 Å². The van der Waals surface area contributed by atoms with Gasteiger partial charge >= 0.3 is 0 Å². The molecule has 0 saturated carbocycles. The van der Waals surface area contributed by atoms with Crippen molar-refractivity contribution in [3.63, 3.8) is 0 Å². The maximum absolute atomic E-state index is 11.1. The van der Waals surface area contributed by atoms with Gasteiger partial charge < -0.3 is 10.6 Å². The molecule has 5 nitrogen and oxygen atoms in total. The van der Waals surface area contributed by atoms with Gasteiger partial charge in [-0.2, -0.15) is 5.10 Å². The van der Waals surface area contributed by atoms with E-state index in [0.717, 1.165) is 5.69 Å². The highest BCUT2D eigenvalue weighted by molar-refractivity contribution is 5.75. The number of amides is 1. The summed E-state index contributed by atoms with van der Waals surface area (Å²) in [5, 5.41) is 12.2. The first kappa shape index (κ1) is 9.73. The third kappa shape index (κ3) is 3.71. The fourth-order valence-electron chi connectivity index (χ4n) is 0.904. The van der Waals surface area contributed by atoms with Crippen LogP contribution < -0.4 is 10.6 Å². The zero-order valence-electron chi connectivity index (χ0n) is 7.63. The standard InChI is InChI=1S/C8H14N4O/c1-9-4-3-8(13)10-6-7-2-5-11-12-7/h2,5,9H,3-4,6H2,1H3,(H,10,13)(H,11,12). The monoisotopic (exact) mass is 182 g/mol. The predicted molar refractivity (Wildman–Crippen MR) is 49.0 cm³/mol. The summed E-state index contributed by atoms with van der Waals surface area (Å²) in [6.07, 6.45) is 2.17. The minimum absolute atomic E-state index is 0.0453. The summed E-state index contributed by atoms with van der Waals surface area (Å²) < 4.78 is 0. The van der Waals surface area contributed by atoms with E-state index in [2.05, 4.69) is 20.8 Å². The molecule has 0 fully saturated rings. The fourth-order valence-corrected chi connectivity index (χ4v) is 0.904. The molecule has 0 aromatic carbocycles. The number of carbonyl (C=O) groups is 1. The van der Waals surface area contributed by atoms with Crippen LogP contribution in [0, 0.1) is 0 Å². The van der Waals surface area contributed by atoms with E-state index < -0.39 is 0 Å². The molecule has 0 saturated heterocycles. The van der Waals surface area contributed by atoms with Crippen LogP contribution >= 0.6 is 0 Å². The highest BCUT2D eigenvalue weighted by Gasteiger charge is 1.99. The van der Waals surface area contributed by atoms with E-state index in [0.29, 0.717) is 19.5 Å². The molecule has 0 atom stereocenters. The van der Waals surface area contributed by atoms with Gasteiger partial charge in [-0.1, -0.05) is 0 Å². The second-order valence-electron chi connectivity index (χ2n) is 2.71. The van der Waals surface area contributed by atoms with Crippen molar-refractivity contribution in [2.45, 2.75) is 13.0 Å². The zero-order chi connectivity index (χ0) is 9.52. The van der Waals surface area contributed by atoms with Gasteiger partial charge in [0.25, 0.3) is 0 Å². The van der Waals surface area contributed by atoms with Crippen LogP contribution in [0.25, 0.3) is 0 Å². The van der Waals surface area contributed by atoms with Crippen LogP contribution in [0.4, 0.5) is 0 Å². The minimum Gasteiger partial charge on any atom is -0.350 e. The average Bonchev–Trinajstić information content (AvgIpc) is 2.64. The van der Waals surface area contributed by atoms with Crippen LogP contribution in [-0.4, -0.2) is 29.7 Å². The maximum atomic E-state index is 11.1. The Kier molecular flexibility index (Phi) is 3.98. The maximum Gasteiger partial charge on any atom is 0.221 e. The number of hydrogen-bond acceptors (Lipinski definition) is 3. The van der Waals surface area contributed by atoms with Crippen molar-refractivity contribution >= 4 is 5.91 Å². The molecule has 0 unspecified atom stereocenters. The largest absolute Gasteiger partial charge is 0.350 e. The highest BCUT2D eigenvalue weighted by Crippen LogP contribution is 1.90. The van der Waals surface area contributed by atoms with Gasteiger partial charge in [0.1, 0.15) is 0 Å². The molecule has 0 aliphatic rings. The summed E-state index contributed by atoms with van der Waals surface area (Å²) in [4.78, 5) is 11.1. The smallest absolute Gasteiger partial charge is 0.221 e. The summed E-state index contributed by atoms with van der Waals surface area (Å²) in [6, 6.07) is 1.83. The number of hydrogen-bond donors (Lipinski definition) is 3. The van der Waals surface area contributed by atoms with E-state index in [1.807, 2.05) is 13.1 Å². The molecule has 1 heterocycles. The van der Waals surface area contributed by atoms with Crippen molar-refractivity contribution in [3.05, 3.63) is 18.0 Å². The first-order valence-electron chi connectivity index (χ1n) is 4.22. The highest BCUT2D eigenvalue weighted by atomic mass is 16.1. The van der Waals surface area contributed by atoms with E-state index in [9.17, 15) is 4.79 Å². The molecule has 0 radical (unpaired) electrons. The molecule has 0 bridgehead atoms. The SMILES string of the molecule is CNCCC(=O)NCc1ccn[nH]1. The third-order valence-corrected chi connectivity index (χ3v) is 1.64. The molecular formula is C8H14N4O. The van der Waals surface area contributed by atoms with Gasteiger partial charge in [-0.15, -0.1) is 0 Å². The van der Waals surface area contributed by atoms with Gasteiger partial charge in [-0.05, 0) is 13.1 Å². The Morgan fingerprint density at radius 1 is 1.69 bits per heavy atom. The molecule has 1 rings (SSSR count). The zero-order valence-corrected chi connectivity index (χ0v) is 7.63. The van der Waals surface area contributed by atoms with Crippen molar-refractivity contribution in [3.8, 4) is 0 Å². The van der Waals surface area contributed by atoms with E-state index >= 15 is 0 Å². The van der Waals surface area contributed by atoms with Crippen LogP contribution in [0.2, 0.25) is 0 Å². The lowest BCUT2D eigenvalue weighted by Crippen LogP contribution is -2.26. The van der Waals surface area contributed by atoms with Crippen LogP contribution in [-0.2, 0) is 11.3 Å². The summed E-state index contributed by atoms with van der Waals surface area (Å²) >= 11 is 0. The van der Waals surface area contributed by atoms with E-state index in [4.69, 9.17) is 0 Å². The number of carbonyl (C=O) groups excluding carboxylic acids is 1. The Bertz CT molecular complexity index is 245. The second kappa shape index (κ2) is 5.31. The molecule has 1 aromatic heterocycles. The van der Waals surface area contributed by atoms with Gasteiger partial charge in [0.05, 0.1) is 12.2 Å². The number of nitrogens with zero attached hydrogens (tertiary/aromatic N) is 1. The van der Waals surface area contributed by atoms with Gasteiger partial charge in [-0.25, -0.2) is 0 Å². The summed E-state index contributed by atoms with van der Waals surface area (Å²) in [7, 11) is 1.82. The lowest BCUT2D eigenvalue weighted by Gasteiger charge is -2.02. The first-order chi connectivity index (χ1) is 6.33. The number of aromatic nitrogens is 2. The van der Waals surface area contributed by atoms with Gasteiger partial charge in [-0.3, -0.25) is 9.89 Å². The Hall–Kier alpha value is -1.36. The number of H-pyrrole nitrogens is 1. The third-order valence-electron chi connectivity index (χ3n) is 1.64. The Morgan fingerprint density at radius 2 is 2.54 bits per heavy atom.